The van der Waals surface area contributed by atoms with Crippen LogP contribution in [0.15, 0.2) is 54.6 Å². The van der Waals surface area contributed by atoms with Gasteiger partial charge >= 0.3 is 6.03 Å². The van der Waals surface area contributed by atoms with Crippen LogP contribution in [0.4, 0.5) is 4.79 Å². The molecule has 1 aliphatic heterocycles. The summed E-state index contributed by atoms with van der Waals surface area (Å²) in [6.45, 7) is 2.65. The Bertz CT molecular complexity index is 897. The Balaban J connectivity index is 1.37. The molecule has 8 heteroatoms. The van der Waals surface area contributed by atoms with Crippen LogP contribution in [0.5, 0.6) is 0 Å². The fraction of sp³-hybridized carbons (Fsp3) is 0.348. The maximum Gasteiger partial charge on any atom is 0.317 e. The lowest BCUT2D eigenvalue weighted by atomic mass is 10.2. The van der Waals surface area contributed by atoms with Gasteiger partial charge in [0.2, 0.25) is 5.91 Å². The molecule has 31 heavy (non-hydrogen) atoms. The maximum absolute atomic E-state index is 12.6. The molecule has 0 aromatic heterocycles. The van der Waals surface area contributed by atoms with Crippen LogP contribution in [0.25, 0.3) is 0 Å². The molecule has 2 aromatic rings. The SMILES string of the molecule is CN(Cc1ccccc1)C(=O)CCNC(=O)N1CCN(C(=O)c2ccc(Cl)cc2)CC1. The van der Waals surface area contributed by atoms with Crippen LogP contribution in [-0.4, -0.2) is 72.3 Å². The van der Waals surface area contributed by atoms with Crippen LogP contribution in [0.1, 0.15) is 22.3 Å². The first-order valence-corrected chi connectivity index (χ1v) is 10.7. The first kappa shape index (κ1) is 22.6. The lowest BCUT2D eigenvalue weighted by Crippen LogP contribution is -2.53. The van der Waals surface area contributed by atoms with Crippen molar-refractivity contribution in [2.75, 3.05) is 39.8 Å². The fourth-order valence-electron chi connectivity index (χ4n) is 3.41. The highest BCUT2D eigenvalue weighted by Gasteiger charge is 2.24. The van der Waals surface area contributed by atoms with Crippen molar-refractivity contribution in [2.24, 2.45) is 0 Å². The van der Waals surface area contributed by atoms with Gasteiger partial charge < -0.3 is 20.0 Å². The molecule has 0 spiro atoms. The van der Waals surface area contributed by atoms with Crippen LogP contribution in [0.2, 0.25) is 5.02 Å². The molecule has 1 aliphatic rings. The van der Waals surface area contributed by atoms with Crippen molar-refractivity contribution in [3.05, 3.63) is 70.7 Å². The van der Waals surface area contributed by atoms with Crippen molar-refractivity contribution in [3.63, 3.8) is 0 Å². The van der Waals surface area contributed by atoms with Crippen molar-refractivity contribution < 1.29 is 14.4 Å². The maximum atomic E-state index is 12.6. The summed E-state index contributed by atoms with van der Waals surface area (Å²) < 4.78 is 0. The van der Waals surface area contributed by atoms with Crippen molar-refractivity contribution in [1.29, 1.82) is 0 Å². The van der Waals surface area contributed by atoms with E-state index in [0.29, 0.717) is 43.3 Å². The highest BCUT2D eigenvalue weighted by Crippen LogP contribution is 2.13. The molecule has 0 unspecified atom stereocenters. The van der Waals surface area contributed by atoms with E-state index < -0.39 is 0 Å². The van der Waals surface area contributed by atoms with E-state index in [9.17, 15) is 14.4 Å². The minimum Gasteiger partial charge on any atom is -0.341 e. The summed E-state index contributed by atoms with van der Waals surface area (Å²) in [5.41, 5.74) is 1.65. The molecular weight excluding hydrogens is 416 g/mol. The summed E-state index contributed by atoms with van der Waals surface area (Å²) in [4.78, 5) is 42.3. The molecule has 7 nitrogen and oxygen atoms in total. The number of hydrogen-bond acceptors (Lipinski definition) is 3. The van der Waals surface area contributed by atoms with E-state index in [1.807, 2.05) is 30.3 Å². The molecule has 1 N–H and O–H groups in total. The lowest BCUT2D eigenvalue weighted by molar-refractivity contribution is -0.130. The molecule has 0 aliphatic carbocycles. The quantitative estimate of drug-likeness (QED) is 0.747. The Morgan fingerprint density at radius 3 is 2.19 bits per heavy atom. The van der Waals surface area contributed by atoms with Gasteiger partial charge in [-0.3, -0.25) is 9.59 Å². The average Bonchev–Trinajstić information content (AvgIpc) is 2.79. The molecule has 164 valence electrons. The monoisotopic (exact) mass is 442 g/mol. The molecule has 3 rings (SSSR count). The zero-order valence-electron chi connectivity index (χ0n) is 17.6. The van der Waals surface area contributed by atoms with Gasteiger partial charge in [-0.05, 0) is 29.8 Å². The van der Waals surface area contributed by atoms with E-state index in [1.165, 1.54) is 0 Å². The number of urea groups is 1. The molecule has 1 fully saturated rings. The van der Waals surface area contributed by atoms with Gasteiger partial charge in [-0.2, -0.15) is 0 Å². The first-order chi connectivity index (χ1) is 14.9. The molecule has 4 amide bonds. The molecule has 1 heterocycles. The zero-order valence-corrected chi connectivity index (χ0v) is 18.3. The third-order valence-electron chi connectivity index (χ3n) is 5.25. The number of rotatable bonds is 6. The number of nitrogens with zero attached hydrogens (tertiary/aromatic N) is 3. The predicted molar refractivity (Wildman–Crippen MR) is 120 cm³/mol. The third-order valence-corrected chi connectivity index (χ3v) is 5.50. The molecule has 0 saturated carbocycles. The molecule has 0 bridgehead atoms. The van der Waals surface area contributed by atoms with E-state index in [4.69, 9.17) is 11.6 Å². The summed E-state index contributed by atoms with van der Waals surface area (Å²) in [6.07, 6.45) is 0.240. The van der Waals surface area contributed by atoms with Gasteiger partial charge in [-0.25, -0.2) is 4.79 Å². The van der Waals surface area contributed by atoms with Crippen molar-refractivity contribution in [2.45, 2.75) is 13.0 Å². The number of piperazine rings is 1. The van der Waals surface area contributed by atoms with Crippen LogP contribution in [0.3, 0.4) is 0 Å². The third kappa shape index (κ3) is 6.46. The minimum absolute atomic E-state index is 0.0254. The number of halogens is 1. The number of nitrogens with one attached hydrogen (secondary N) is 1. The molecule has 0 atom stereocenters. The average molecular weight is 443 g/mol. The minimum atomic E-state index is -0.211. The Kier molecular flexibility index (Phi) is 7.89. The second kappa shape index (κ2) is 10.8. The summed E-state index contributed by atoms with van der Waals surface area (Å²) in [5, 5.41) is 3.39. The van der Waals surface area contributed by atoms with Gasteiger partial charge in [0.1, 0.15) is 0 Å². The second-order valence-electron chi connectivity index (χ2n) is 7.50. The van der Waals surface area contributed by atoms with E-state index in [0.717, 1.165) is 5.56 Å². The molecule has 1 saturated heterocycles. The van der Waals surface area contributed by atoms with Crippen molar-refractivity contribution in [1.82, 2.24) is 20.0 Å². The van der Waals surface area contributed by atoms with E-state index in [2.05, 4.69) is 5.32 Å². The Labute approximate surface area is 187 Å². The standard InChI is InChI=1S/C23H27ClN4O3/c1-26(17-18-5-3-2-4-6-18)21(29)11-12-25-23(31)28-15-13-27(14-16-28)22(30)19-7-9-20(24)10-8-19/h2-10H,11-17H2,1H3,(H,25,31). The van der Waals surface area contributed by atoms with Gasteiger partial charge in [0.25, 0.3) is 5.91 Å². The van der Waals surface area contributed by atoms with Crippen LogP contribution in [0, 0.1) is 0 Å². The summed E-state index contributed by atoms with van der Waals surface area (Å²) >= 11 is 5.87. The highest BCUT2D eigenvalue weighted by molar-refractivity contribution is 6.30. The Morgan fingerprint density at radius 2 is 1.55 bits per heavy atom. The normalized spacial score (nSPS) is 13.6. The smallest absolute Gasteiger partial charge is 0.317 e. The van der Waals surface area contributed by atoms with Crippen LogP contribution >= 0.6 is 11.6 Å². The molecule has 0 radical (unpaired) electrons. The van der Waals surface area contributed by atoms with Gasteiger partial charge in [-0.15, -0.1) is 0 Å². The van der Waals surface area contributed by atoms with Crippen molar-refractivity contribution >= 4 is 29.4 Å². The lowest BCUT2D eigenvalue weighted by Gasteiger charge is -2.34. The van der Waals surface area contributed by atoms with Gasteiger partial charge in [0.05, 0.1) is 0 Å². The number of carbonyl (C=O) groups is 3. The topological polar surface area (TPSA) is 73.0 Å². The van der Waals surface area contributed by atoms with E-state index >= 15 is 0 Å². The number of benzene rings is 2. The van der Waals surface area contributed by atoms with E-state index in [-0.39, 0.29) is 30.8 Å². The van der Waals surface area contributed by atoms with Gasteiger partial charge in [0.15, 0.2) is 0 Å². The number of carbonyl (C=O) groups excluding carboxylic acids is 3. The van der Waals surface area contributed by atoms with E-state index in [1.54, 1.807) is 46.0 Å². The van der Waals surface area contributed by atoms with Crippen molar-refractivity contribution in [3.8, 4) is 0 Å². The number of hydrogen-bond donors (Lipinski definition) is 1. The molecular formula is C23H27ClN4O3. The fourth-order valence-corrected chi connectivity index (χ4v) is 3.54. The van der Waals surface area contributed by atoms with Gasteiger partial charge in [0, 0.05) is 63.3 Å². The number of amides is 4. The predicted octanol–water partition coefficient (Wildman–Crippen LogP) is 2.86. The second-order valence-corrected chi connectivity index (χ2v) is 7.94. The highest BCUT2D eigenvalue weighted by atomic mass is 35.5. The Hall–Kier alpha value is -3.06. The van der Waals surface area contributed by atoms with Crippen LogP contribution < -0.4 is 5.32 Å². The summed E-state index contributed by atoms with van der Waals surface area (Å²) in [6, 6.07) is 16.4. The summed E-state index contributed by atoms with van der Waals surface area (Å²) in [5.74, 6) is -0.0914. The van der Waals surface area contributed by atoms with Crippen LogP contribution in [-0.2, 0) is 11.3 Å². The largest absolute Gasteiger partial charge is 0.341 e. The molecule has 2 aromatic carbocycles. The van der Waals surface area contributed by atoms with Gasteiger partial charge in [-0.1, -0.05) is 41.9 Å². The summed E-state index contributed by atoms with van der Waals surface area (Å²) in [7, 11) is 1.76. The first-order valence-electron chi connectivity index (χ1n) is 10.3. The zero-order chi connectivity index (χ0) is 22.2. The Morgan fingerprint density at radius 1 is 0.935 bits per heavy atom.